The lowest BCUT2D eigenvalue weighted by molar-refractivity contribution is 0.401. The van der Waals surface area contributed by atoms with Crippen molar-refractivity contribution in [1.82, 2.24) is 0 Å². The predicted molar refractivity (Wildman–Crippen MR) is 58.9 cm³/mol. The molecule has 0 aromatic heterocycles. The van der Waals surface area contributed by atoms with E-state index in [-0.39, 0.29) is 5.75 Å². The minimum atomic E-state index is -0.473. The Kier molecular flexibility index (Phi) is 2.35. The zero-order valence-electron chi connectivity index (χ0n) is 8.25. The molecule has 2 rings (SSSR count). The lowest BCUT2D eigenvalue weighted by Gasteiger charge is -2.12. The molecule has 1 aromatic rings. The molecule has 78 valence electrons. The first-order valence-electron chi connectivity index (χ1n) is 4.62. The van der Waals surface area contributed by atoms with Gasteiger partial charge in [0.15, 0.2) is 0 Å². The van der Waals surface area contributed by atoms with E-state index in [2.05, 4.69) is 22.0 Å². The van der Waals surface area contributed by atoms with Gasteiger partial charge in [-0.05, 0) is 40.9 Å². The van der Waals surface area contributed by atoms with Crippen molar-refractivity contribution in [2.45, 2.75) is 18.3 Å². The first-order valence-corrected chi connectivity index (χ1v) is 5.41. The summed E-state index contributed by atoms with van der Waals surface area (Å²) in [4.78, 5) is 0. The highest BCUT2D eigenvalue weighted by atomic mass is 79.9. The van der Waals surface area contributed by atoms with E-state index in [4.69, 9.17) is 10.00 Å². The van der Waals surface area contributed by atoms with Crippen LogP contribution in [-0.4, -0.2) is 12.2 Å². The molecule has 1 saturated carbocycles. The molecule has 3 nitrogen and oxygen atoms in total. The van der Waals surface area contributed by atoms with Crippen molar-refractivity contribution in [3.63, 3.8) is 0 Å². The Morgan fingerprint density at radius 2 is 2.20 bits per heavy atom. The Hall–Kier alpha value is -1.21. The first-order chi connectivity index (χ1) is 7.14. The quantitative estimate of drug-likeness (QED) is 0.897. The van der Waals surface area contributed by atoms with Crippen molar-refractivity contribution < 1.29 is 9.84 Å². The van der Waals surface area contributed by atoms with Crippen molar-refractivity contribution in [1.29, 1.82) is 5.26 Å². The summed E-state index contributed by atoms with van der Waals surface area (Å²) in [6.07, 6.45) is 1.63. The largest absolute Gasteiger partial charge is 0.506 e. The summed E-state index contributed by atoms with van der Waals surface area (Å²) in [7, 11) is 1.54. The van der Waals surface area contributed by atoms with Gasteiger partial charge in [-0.1, -0.05) is 0 Å². The minimum absolute atomic E-state index is 0.119. The summed E-state index contributed by atoms with van der Waals surface area (Å²) in [6, 6.07) is 5.77. The van der Waals surface area contributed by atoms with Crippen molar-refractivity contribution in [3.8, 4) is 17.6 Å². The first kappa shape index (κ1) is 10.3. The third-order valence-corrected chi connectivity index (χ3v) is 3.55. The lowest BCUT2D eigenvalue weighted by atomic mass is 9.96. The standard InChI is InChI=1S/C11H10BrNO2/c1-15-8-3-2-7(10(14)9(8)12)11(6-13)4-5-11/h2-3,14H,4-5H2,1H3. The number of ether oxygens (including phenoxy) is 1. The second kappa shape index (κ2) is 3.42. The van der Waals surface area contributed by atoms with Gasteiger partial charge in [0.1, 0.15) is 16.0 Å². The fraction of sp³-hybridized carbons (Fsp3) is 0.364. The van der Waals surface area contributed by atoms with Gasteiger partial charge in [-0.2, -0.15) is 5.26 Å². The van der Waals surface area contributed by atoms with Crippen LogP contribution in [-0.2, 0) is 5.41 Å². The van der Waals surface area contributed by atoms with Gasteiger partial charge in [-0.25, -0.2) is 0 Å². The molecule has 0 saturated heterocycles. The number of nitriles is 1. The van der Waals surface area contributed by atoms with Crippen LogP contribution in [0.15, 0.2) is 16.6 Å². The number of rotatable bonds is 2. The fourth-order valence-electron chi connectivity index (χ4n) is 1.66. The van der Waals surface area contributed by atoms with Crippen LogP contribution in [0.2, 0.25) is 0 Å². The molecule has 1 N–H and O–H groups in total. The number of benzene rings is 1. The number of phenols is 1. The van der Waals surface area contributed by atoms with Crippen LogP contribution in [0.5, 0.6) is 11.5 Å². The monoisotopic (exact) mass is 267 g/mol. The van der Waals surface area contributed by atoms with E-state index in [0.29, 0.717) is 15.8 Å². The van der Waals surface area contributed by atoms with Crippen LogP contribution in [0.4, 0.5) is 0 Å². The van der Waals surface area contributed by atoms with Crippen LogP contribution in [0.3, 0.4) is 0 Å². The maximum Gasteiger partial charge on any atom is 0.138 e. The van der Waals surface area contributed by atoms with E-state index in [1.54, 1.807) is 12.1 Å². The molecule has 1 aliphatic rings. The van der Waals surface area contributed by atoms with Gasteiger partial charge in [-0.15, -0.1) is 0 Å². The molecule has 4 heteroatoms. The van der Waals surface area contributed by atoms with Crippen molar-refractivity contribution in [2.75, 3.05) is 7.11 Å². The normalized spacial score (nSPS) is 16.9. The van der Waals surface area contributed by atoms with E-state index >= 15 is 0 Å². The van der Waals surface area contributed by atoms with Crippen LogP contribution < -0.4 is 4.74 Å². The topological polar surface area (TPSA) is 53.2 Å². The Morgan fingerprint density at radius 3 is 2.67 bits per heavy atom. The zero-order chi connectivity index (χ0) is 11.1. The molecule has 0 radical (unpaired) electrons. The Morgan fingerprint density at radius 1 is 1.53 bits per heavy atom. The highest BCUT2D eigenvalue weighted by Crippen LogP contribution is 2.53. The number of nitrogens with zero attached hydrogens (tertiary/aromatic N) is 1. The van der Waals surface area contributed by atoms with Gasteiger partial charge < -0.3 is 9.84 Å². The number of hydrogen-bond acceptors (Lipinski definition) is 3. The molecule has 0 unspecified atom stereocenters. The number of hydrogen-bond donors (Lipinski definition) is 1. The van der Waals surface area contributed by atoms with Gasteiger partial charge in [0.2, 0.25) is 0 Å². The van der Waals surface area contributed by atoms with Crippen LogP contribution in [0.25, 0.3) is 0 Å². The molecule has 0 heterocycles. The maximum absolute atomic E-state index is 9.94. The number of methoxy groups -OCH3 is 1. The molecule has 0 atom stereocenters. The lowest BCUT2D eigenvalue weighted by Crippen LogP contribution is -2.03. The number of aromatic hydroxyl groups is 1. The molecule has 0 spiro atoms. The van der Waals surface area contributed by atoms with Gasteiger partial charge >= 0.3 is 0 Å². The Labute approximate surface area is 96.4 Å². The van der Waals surface area contributed by atoms with E-state index in [0.717, 1.165) is 12.8 Å². The third kappa shape index (κ3) is 1.47. The predicted octanol–water partition coefficient (Wildman–Crippen LogP) is 2.72. The minimum Gasteiger partial charge on any atom is -0.506 e. The molecule has 15 heavy (non-hydrogen) atoms. The summed E-state index contributed by atoms with van der Waals surface area (Å²) < 4.78 is 5.58. The zero-order valence-corrected chi connectivity index (χ0v) is 9.84. The average Bonchev–Trinajstić information content (AvgIpc) is 3.03. The van der Waals surface area contributed by atoms with Gasteiger partial charge in [-0.3, -0.25) is 0 Å². The maximum atomic E-state index is 9.94. The summed E-state index contributed by atoms with van der Waals surface area (Å²) in [5, 5.41) is 19.0. The molecule has 1 fully saturated rings. The molecule has 0 aliphatic heterocycles. The van der Waals surface area contributed by atoms with Gasteiger partial charge in [0.25, 0.3) is 0 Å². The van der Waals surface area contributed by atoms with Crippen LogP contribution >= 0.6 is 15.9 Å². The molecule has 1 aliphatic carbocycles. The summed E-state index contributed by atoms with van der Waals surface area (Å²) in [6.45, 7) is 0. The molecular weight excluding hydrogens is 258 g/mol. The second-order valence-corrected chi connectivity index (χ2v) is 4.46. The Balaban J connectivity index is 2.53. The van der Waals surface area contributed by atoms with E-state index in [9.17, 15) is 5.11 Å². The number of phenolic OH excluding ortho intramolecular Hbond substituents is 1. The average molecular weight is 268 g/mol. The SMILES string of the molecule is COc1ccc(C2(C#N)CC2)c(O)c1Br. The van der Waals surface area contributed by atoms with Crippen LogP contribution in [0.1, 0.15) is 18.4 Å². The van der Waals surface area contributed by atoms with Crippen molar-refractivity contribution in [2.24, 2.45) is 0 Å². The van der Waals surface area contributed by atoms with Gasteiger partial charge in [0, 0.05) is 5.56 Å². The molecule has 1 aromatic carbocycles. The van der Waals surface area contributed by atoms with Crippen LogP contribution in [0, 0.1) is 11.3 Å². The molecular formula is C11H10BrNO2. The van der Waals surface area contributed by atoms with E-state index < -0.39 is 5.41 Å². The van der Waals surface area contributed by atoms with E-state index in [1.807, 2.05) is 0 Å². The van der Waals surface area contributed by atoms with Crippen molar-refractivity contribution >= 4 is 15.9 Å². The Bertz CT molecular complexity index is 447. The summed E-state index contributed by atoms with van der Waals surface area (Å²) in [5.74, 6) is 0.693. The third-order valence-electron chi connectivity index (χ3n) is 2.78. The molecule has 0 amide bonds. The van der Waals surface area contributed by atoms with E-state index in [1.165, 1.54) is 7.11 Å². The fourth-order valence-corrected chi connectivity index (χ4v) is 2.16. The summed E-state index contributed by atoms with van der Waals surface area (Å²) >= 11 is 3.26. The van der Waals surface area contributed by atoms with Gasteiger partial charge in [0.05, 0.1) is 18.6 Å². The smallest absolute Gasteiger partial charge is 0.138 e. The second-order valence-electron chi connectivity index (χ2n) is 3.67. The highest BCUT2D eigenvalue weighted by Gasteiger charge is 2.47. The van der Waals surface area contributed by atoms with Crippen molar-refractivity contribution in [3.05, 3.63) is 22.2 Å². The highest BCUT2D eigenvalue weighted by molar-refractivity contribution is 9.10. The number of halogens is 1. The molecule has 0 bridgehead atoms. The summed E-state index contributed by atoms with van der Waals surface area (Å²) in [5.41, 5.74) is 0.219.